The van der Waals surface area contributed by atoms with Gasteiger partial charge in [0.05, 0.1) is 5.69 Å². The fourth-order valence-electron chi connectivity index (χ4n) is 2.90. The average molecular weight is 263 g/mol. The predicted molar refractivity (Wildman–Crippen MR) is 76.0 cm³/mol. The van der Waals surface area contributed by atoms with Crippen LogP contribution in [-0.2, 0) is 6.54 Å². The maximum Gasteiger partial charge on any atom is 0.233 e. The summed E-state index contributed by atoms with van der Waals surface area (Å²) >= 11 is 0. The largest absolute Gasteiger partial charge is 0.473 e. The van der Waals surface area contributed by atoms with Crippen LogP contribution in [0.5, 0.6) is 5.88 Å². The van der Waals surface area contributed by atoms with Crippen molar-refractivity contribution in [3.63, 3.8) is 0 Å². The van der Waals surface area contributed by atoms with Crippen molar-refractivity contribution in [2.45, 2.75) is 52.7 Å². The number of nitrogens with one attached hydrogen (secondary N) is 1. The summed E-state index contributed by atoms with van der Waals surface area (Å²) in [6, 6.07) is 3.92. The van der Waals surface area contributed by atoms with Gasteiger partial charge in [-0.3, -0.25) is 0 Å². The van der Waals surface area contributed by atoms with Crippen molar-refractivity contribution in [2.75, 3.05) is 6.54 Å². The lowest BCUT2D eigenvalue weighted by Gasteiger charge is -2.31. The van der Waals surface area contributed by atoms with Crippen LogP contribution < -0.4 is 10.1 Å². The van der Waals surface area contributed by atoms with Crippen LogP contribution in [0, 0.1) is 11.8 Å². The summed E-state index contributed by atoms with van der Waals surface area (Å²) in [5, 5.41) is 11.6. The van der Waals surface area contributed by atoms with Gasteiger partial charge in [-0.2, -0.15) is 5.10 Å². The summed E-state index contributed by atoms with van der Waals surface area (Å²) in [6.45, 7) is 8.39. The molecule has 1 saturated carbocycles. The Labute approximate surface area is 116 Å². The van der Waals surface area contributed by atoms with Gasteiger partial charge in [-0.05, 0) is 43.7 Å². The van der Waals surface area contributed by atoms with E-state index in [9.17, 15) is 0 Å². The van der Waals surface area contributed by atoms with E-state index in [1.807, 2.05) is 12.1 Å². The van der Waals surface area contributed by atoms with Gasteiger partial charge in [-0.1, -0.05) is 20.8 Å². The molecule has 0 aromatic carbocycles. The van der Waals surface area contributed by atoms with Gasteiger partial charge < -0.3 is 10.1 Å². The third-order valence-electron chi connectivity index (χ3n) is 3.67. The zero-order valence-corrected chi connectivity index (χ0v) is 12.2. The number of ether oxygens (including phenoxy) is 1. The number of hydrogen-bond donors (Lipinski definition) is 1. The van der Waals surface area contributed by atoms with E-state index in [0.717, 1.165) is 43.5 Å². The quantitative estimate of drug-likeness (QED) is 0.887. The van der Waals surface area contributed by atoms with Gasteiger partial charge >= 0.3 is 0 Å². The molecule has 0 saturated heterocycles. The second kappa shape index (κ2) is 6.85. The first kappa shape index (κ1) is 14.3. The molecule has 0 aliphatic heterocycles. The van der Waals surface area contributed by atoms with Crippen LogP contribution in [0.2, 0.25) is 0 Å². The van der Waals surface area contributed by atoms with Crippen molar-refractivity contribution in [1.82, 2.24) is 15.5 Å². The van der Waals surface area contributed by atoms with E-state index in [1.54, 1.807) is 0 Å². The Bertz CT molecular complexity index is 369. The molecule has 2 unspecified atom stereocenters. The standard InChI is InChI=1S/C15H25N3O/c1-4-16-10-13-5-6-15(18-17-13)19-14-8-11(2)7-12(3)9-14/h5-6,11-12,14,16H,4,7-10H2,1-3H3. The molecule has 1 aliphatic carbocycles. The molecule has 1 aromatic heterocycles. The zero-order chi connectivity index (χ0) is 13.7. The first-order valence-corrected chi connectivity index (χ1v) is 7.37. The fourth-order valence-corrected chi connectivity index (χ4v) is 2.90. The Morgan fingerprint density at radius 2 is 1.89 bits per heavy atom. The highest BCUT2D eigenvalue weighted by molar-refractivity contribution is 5.11. The maximum absolute atomic E-state index is 5.96. The molecule has 106 valence electrons. The maximum atomic E-state index is 5.96. The van der Waals surface area contributed by atoms with Gasteiger partial charge in [0, 0.05) is 12.6 Å². The summed E-state index contributed by atoms with van der Waals surface area (Å²) in [5.74, 6) is 2.15. The minimum Gasteiger partial charge on any atom is -0.473 e. The molecule has 1 heterocycles. The van der Waals surface area contributed by atoms with Crippen LogP contribution in [0.4, 0.5) is 0 Å². The Morgan fingerprint density at radius 3 is 2.47 bits per heavy atom. The van der Waals surface area contributed by atoms with Gasteiger partial charge in [-0.25, -0.2) is 0 Å². The molecule has 0 amide bonds. The molecule has 1 aromatic rings. The van der Waals surface area contributed by atoms with Crippen LogP contribution in [-0.4, -0.2) is 22.8 Å². The third kappa shape index (κ3) is 4.46. The highest BCUT2D eigenvalue weighted by Gasteiger charge is 2.25. The summed E-state index contributed by atoms with van der Waals surface area (Å²) < 4.78 is 5.96. The van der Waals surface area contributed by atoms with Crippen molar-refractivity contribution < 1.29 is 4.74 Å². The number of rotatable bonds is 5. The van der Waals surface area contributed by atoms with Crippen LogP contribution in [0.3, 0.4) is 0 Å². The van der Waals surface area contributed by atoms with Crippen LogP contribution in [0.25, 0.3) is 0 Å². The van der Waals surface area contributed by atoms with Gasteiger partial charge in [0.1, 0.15) is 6.10 Å². The minimum atomic E-state index is 0.299. The Hall–Kier alpha value is -1.16. The van der Waals surface area contributed by atoms with Gasteiger partial charge in [-0.15, -0.1) is 5.10 Å². The summed E-state index contributed by atoms with van der Waals surface area (Å²) in [4.78, 5) is 0. The van der Waals surface area contributed by atoms with Crippen LogP contribution >= 0.6 is 0 Å². The Morgan fingerprint density at radius 1 is 1.16 bits per heavy atom. The molecule has 4 nitrogen and oxygen atoms in total. The van der Waals surface area contributed by atoms with Crippen molar-refractivity contribution in [1.29, 1.82) is 0 Å². The molecule has 0 radical (unpaired) electrons. The second-order valence-corrected chi connectivity index (χ2v) is 5.80. The van der Waals surface area contributed by atoms with Crippen molar-refractivity contribution in [3.8, 4) is 5.88 Å². The van der Waals surface area contributed by atoms with Crippen molar-refractivity contribution in [3.05, 3.63) is 17.8 Å². The molecular formula is C15H25N3O. The van der Waals surface area contributed by atoms with E-state index in [-0.39, 0.29) is 0 Å². The molecule has 1 aliphatic rings. The van der Waals surface area contributed by atoms with E-state index in [0.29, 0.717) is 12.0 Å². The average Bonchev–Trinajstić information content (AvgIpc) is 2.37. The second-order valence-electron chi connectivity index (χ2n) is 5.80. The van der Waals surface area contributed by atoms with Gasteiger partial charge in [0.25, 0.3) is 0 Å². The molecule has 0 bridgehead atoms. The smallest absolute Gasteiger partial charge is 0.233 e. The highest BCUT2D eigenvalue weighted by Crippen LogP contribution is 2.30. The van der Waals surface area contributed by atoms with E-state index < -0.39 is 0 Å². The molecular weight excluding hydrogens is 238 g/mol. The van der Waals surface area contributed by atoms with Crippen molar-refractivity contribution >= 4 is 0 Å². The normalized spacial score (nSPS) is 27.2. The Balaban J connectivity index is 1.88. The van der Waals surface area contributed by atoms with E-state index in [4.69, 9.17) is 4.74 Å². The lowest BCUT2D eigenvalue weighted by atomic mass is 9.82. The van der Waals surface area contributed by atoms with Gasteiger partial charge in [0.15, 0.2) is 0 Å². The van der Waals surface area contributed by atoms with Crippen LogP contribution in [0.1, 0.15) is 45.7 Å². The summed E-state index contributed by atoms with van der Waals surface area (Å²) in [5.41, 5.74) is 0.958. The van der Waals surface area contributed by atoms with Crippen molar-refractivity contribution in [2.24, 2.45) is 11.8 Å². The number of hydrogen-bond acceptors (Lipinski definition) is 4. The van der Waals surface area contributed by atoms with E-state index in [1.165, 1.54) is 6.42 Å². The number of nitrogens with zero attached hydrogens (tertiary/aromatic N) is 2. The summed E-state index contributed by atoms with van der Waals surface area (Å²) in [7, 11) is 0. The number of aromatic nitrogens is 2. The molecule has 2 rings (SSSR count). The summed E-state index contributed by atoms with van der Waals surface area (Å²) in [6.07, 6.45) is 3.87. The molecule has 1 N–H and O–H groups in total. The topological polar surface area (TPSA) is 47.0 Å². The van der Waals surface area contributed by atoms with E-state index in [2.05, 4.69) is 36.3 Å². The predicted octanol–water partition coefficient (Wildman–Crippen LogP) is 2.79. The molecule has 1 fully saturated rings. The molecule has 19 heavy (non-hydrogen) atoms. The minimum absolute atomic E-state index is 0.299. The van der Waals surface area contributed by atoms with Gasteiger partial charge in [0.2, 0.25) is 5.88 Å². The van der Waals surface area contributed by atoms with Crippen LogP contribution in [0.15, 0.2) is 12.1 Å². The fraction of sp³-hybridized carbons (Fsp3) is 0.733. The van der Waals surface area contributed by atoms with E-state index >= 15 is 0 Å². The highest BCUT2D eigenvalue weighted by atomic mass is 16.5. The molecule has 0 spiro atoms. The lowest BCUT2D eigenvalue weighted by Crippen LogP contribution is -2.28. The molecule has 2 atom stereocenters. The third-order valence-corrected chi connectivity index (χ3v) is 3.67. The first-order valence-electron chi connectivity index (χ1n) is 7.37. The monoisotopic (exact) mass is 263 g/mol. The lowest BCUT2D eigenvalue weighted by molar-refractivity contribution is 0.0956. The molecule has 4 heteroatoms. The first-order chi connectivity index (χ1) is 9.17. The SMILES string of the molecule is CCNCc1ccc(OC2CC(C)CC(C)C2)nn1. The Kier molecular flexibility index (Phi) is 5.14. The zero-order valence-electron chi connectivity index (χ0n) is 12.2.